The van der Waals surface area contributed by atoms with Crippen LogP contribution in [-0.4, -0.2) is 17.7 Å². The van der Waals surface area contributed by atoms with E-state index in [0.29, 0.717) is 0 Å². The van der Waals surface area contributed by atoms with Crippen LogP contribution in [0.4, 0.5) is 26.3 Å². The molecule has 0 bridgehead atoms. The molecule has 10 heteroatoms. The van der Waals surface area contributed by atoms with Crippen LogP contribution >= 0.6 is 0 Å². The number of rotatable bonds is 4. The molecule has 3 aromatic rings. The second kappa shape index (κ2) is 7.53. The van der Waals surface area contributed by atoms with Gasteiger partial charge in [-0.25, -0.2) is 0 Å². The van der Waals surface area contributed by atoms with Crippen LogP contribution in [0, 0.1) is 0 Å². The fourth-order valence-corrected chi connectivity index (χ4v) is 2.63. The summed E-state index contributed by atoms with van der Waals surface area (Å²) in [5.41, 5.74) is -0.304. The Morgan fingerprint density at radius 3 is 1.48 bits per heavy atom. The number of pyridine rings is 1. The number of nitrogens with one attached hydrogen (secondary N) is 1. The van der Waals surface area contributed by atoms with Crippen LogP contribution in [0.2, 0.25) is 0 Å². The molecule has 0 fully saturated rings. The summed E-state index contributed by atoms with van der Waals surface area (Å²) in [5.74, 6) is -1.03. The Morgan fingerprint density at radius 1 is 0.690 bits per heavy atom. The van der Waals surface area contributed by atoms with Gasteiger partial charge in [0.15, 0.2) is 5.43 Å². The maximum absolute atomic E-state index is 12.8. The summed E-state index contributed by atoms with van der Waals surface area (Å²) in [6.07, 6.45) is -7.25. The van der Waals surface area contributed by atoms with Crippen molar-refractivity contribution in [3.05, 3.63) is 71.1 Å². The molecule has 1 heterocycles. The number of halogens is 6. The van der Waals surface area contributed by atoms with Gasteiger partial charge < -0.3 is 14.5 Å². The third-order valence-corrected chi connectivity index (χ3v) is 3.70. The van der Waals surface area contributed by atoms with Gasteiger partial charge in [-0.15, -0.1) is 26.3 Å². The van der Waals surface area contributed by atoms with E-state index in [4.69, 9.17) is 0 Å². The molecule has 1 aromatic heterocycles. The van der Waals surface area contributed by atoms with Crippen molar-refractivity contribution >= 4 is 0 Å². The zero-order valence-electron chi connectivity index (χ0n) is 14.3. The van der Waals surface area contributed by atoms with E-state index in [-0.39, 0.29) is 22.3 Å². The van der Waals surface area contributed by atoms with Gasteiger partial charge in [-0.05, 0) is 35.4 Å². The monoisotopic (exact) mass is 415 g/mol. The minimum absolute atomic E-state index is 0.0114. The number of H-pyrrole nitrogens is 1. The van der Waals surface area contributed by atoms with Gasteiger partial charge in [0.2, 0.25) is 0 Å². The average Bonchev–Trinajstić information content (AvgIpc) is 2.59. The molecule has 0 radical (unpaired) electrons. The van der Waals surface area contributed by atoms with Crippen LogP contribution in [0.3, 0.4) is 0 Å². The van der Waals surface area contributed by atoms with Gasteiger partial charge in [0.05, 0.1) is 0 Å². The summed E-state index contributed by atoms with van der Waals surface area (Å²) >= 11 is 0. The predicted octanol–water partition coefficient (Wildman–Crippen LogP) is 5.51. The van der Waals surface area contributed by atoms with Crippen LogP contribution in [0.25, 0.3) is 22.3 Å². The van der Waals surface area contributed by atoms with Gasteiger partial charge in [0.25, 0.3) is 0 Å². The van der Waals surface area contributed by atoms with E-state index in [1.54, 1.807) is 0 Å². The molecule has 0 spiro atoms. The predicted molar refractivity (Wildman–Crippen MR) is 91.3 cm³/mol. The van der Waals surface area contributed by atoms with Crippen molar-refractivity contribution < 1.29 is 35.8 Å². The van der Waals surface area contributed by atoms with Gasteiger partial charge in [-0.1, -0.05) is 24.3 Å². The summed E-state index contributed by atoms with van der Waals surface area (Å²) in [4.78, 5) is 15.5. The lowest BCUT2D eigenvalue weighted by Crippen LogP contribution is -2.17. The third kappa shape index (κ3) is 5.31. The molecule has 152 valence electrons. The van der Waals surface area contributed by atoms with Gasteiger partial charge >= 0.3 is 12.7 Å². The highest BCUT2D eigenvalue weighted by Gasteiger charge is 2.32. The van der Waals surface area contributed by atoms with Gasteiger partial charge in [-0.3, -0.25) is 4.79 Å². The van der Waals surface area contributed by atoms with Crippen LogP contribution in [0.5, 0.6) is 11.5 Å². The zero-order chi connectivity index (χ0) is 21.2. The average molecular weight is 415 g/mol. The second-order valence-electron chi connectivity index (χ2n) is 5.76. The normalized spacial score (nSPS) is 11.9. The number of benzene rings is 2. The SMILES string of the molecule is O=c1c(-c2cccc(OC(F)(F)F)c2)c[nH]cc1-c1cccc(OC(F)(F)F)c1. The highest BCUT2D eigenvalue weighted by atomic mass is 19.4. The highest BCUT2D eigenvalue weighted by Crippen LogP contribution is 2.29. The topological polar surface area (TPSA) is 51.3 Å². The Bertz CT molecular complexity index is 992. The van der Waals surface area contributed by atoms with Crippen molar-refractivity contribution in [2.75, 3.05) is 0 Å². The number of hydrogen-bond acceptors (Lipinski definition) is 3. The number of alkyl halides is 6. The van der Waals surface area contributed by atoms with E-state index in [1.165, 1.54) is 36.7 Å². The van der Waals surface area contributed by atoms with Crippen molar-refractivity contribution in [3.8, 4) is 33.8 Å². The van der Waals surface area contributed by atoms with Crippen LogP contribution < -0.4 is 14.9 Å². The maximum atomic E-state index is 12.8. The molecule has 3 rings (SSSR count). The lowest BCUT2D eigenvalue weighted by molar-refractivity contribution is -0.275. The lowest BCUT2D eigenvalue weighted by Gasteiger charge is -2.11. The van der Waals surface area contributed by atoms with Gasteiger partial charge in [-0.2, -0.15) is 0 Å². The Kier molecular flexibility index (Phi) is 5.27. The van der Waals surface area contributed by atoms with E-state index in [9.17, 15) is 31.1 Å². The van der Waals surface area contributed by atoms with Crippen LogP contribution in [-0.2, 0) is 0 Å². The van der Waals surface area contributed by atoms with E-state index in [1.807, 2.05) is 0 Å². The minimum Gasteiger partial charge on any atom is -0.406 e. The van der Waals surface area contributed by atoms with E-state index in [2.05, 4.69) is 14.5 Å². The Morgan fingerprint density at radius 2 is 1.10 bits per heavy atom. The second-order valence-corrected chi connectivity index (χ2v) is 5.76. The van der Waals surface area contributed by atoms with E-state index >= 15 is 0 Å². The van der Waals surface area contributed by atoms with Crippen molar-refractivity contribution in [3.63, 3.8) is 0 Å². The van der Waals surface area contributed by atoms with Crippen molar-refractivity contribution in [1.82, 2.24) is 4.98 Å². The van der Waals surface area contributed by atoms with Crippen LogP contribution in [0.1, 0.15) is 0 Å². The van der Waals surface area contributed by atoms with Crippen LogP contribution in [0.15, 0.2) is 65.7 Å². The van der Waals surface area contributed by atoms with Gasteiger partial charge in [0, 0.05) is 23.5 Å². The first-order chi connectivity index (χ1) is 13.5. The first kappa shape index (κ1) is 20.3. The molecule has 0 aliphatic heterocycles. The molecule has 4 nitrogen and oxygen atoms in total. The van der Waals surface area contributed by atoms with E-state index in [0.717, 1.165) is 24.3 Å². The first-order valence-corrected chi connectivity index (χ1v) is 7.95. The number of hydrogen-bond donors (Lipinski definition) is 1. The number of aromatic nitrogens is 1. The molecule has 29 heavy (non-hydrogen) atoms. The molecule has 0 atom stereocenters. The molecular formula is C19H11F6NO3. The zero-order valence-corrected chi connectivity index (χ0v) is 14.3. The molecule has 0 amide bonds. The fraction of sp³-hybridized carbons (Fsp3) is 0.105. The summed E-state index contributed by atoms with van der Waals surface area (Å²) in [7, 11) is 0. The first-order valence-electron chi connectivity index (χ1n) is 7.95. The Balaban J connectivity index is 2.01. The number of aromatic amines is 1. The van der Waals surface area contributed by atoms with E-state index < -0.39 is 29.7 Å². The molecule has 0 saturated carbocycles. The van der Waals surface area contributed by atoms with Gasteiger partial charge in [0.1, 0.15) is 11.5 Å². The minimum atomic E-state index is -4.90. The Labute approximate surface area is 159 Å². The number of ether oxygens (including phenoxy) is 2. The summed E-state index contributed by atoms with van der Waals surface area (Å²) < 4.78 is 82.2. The van der Waals surface area contributed by atoms with Crippen molar-refractivity contribution in [1.29, 1.82) is 0 Å². The molecule has 1 N–H and O–H groups in total. The maximum Gasteiger partial charge on any atom is 0.573 e. The van der Waals surface area contributed by atoms with Crippen molar-refractivity contribution in [2.45, 2.75) is 12.7 Å². The molecule has 0 unspecified atom stereocenters. The largest absolute Gasteiger partial charge is 0.573 e. The smallest absolute Gasteiger partial charge is 0.406 e. The highest BCUT2D eigenvalue weighted by molar-refractivity contribution is 5.72. The molecule has 0 saturated heterocycles. The molecular weight excluding hydrogens is 404 g/mol. The third-order valence-electron chi connectivity index (χ3n) is 3.70. The summed E-state index contributed by atoms with van der Waals surface area (Å²) in [5, 5.41) is 0. The molecule has 0 aliphatic carbocycles. The molecule has 0 aliphatic rings. The summed E-state index contributed by atoms with van der Waals surface area (Å²) in [6.45, 7) is 0. The summed E-state index contributed by atoms with van der Waals surface area (Å²) in [6, 6.07) is 9.58. The fourth-order valence-electron chi connectivity index (χ4n) is 2.63. The molecule has 2 aromatic carbocycles. The quantitative estimate of drug-likeness (QED) is 0.572. The van der Waals surface area contributed by atoms with Crippen molar-refractivity contribution in [2.24, 2.45) is 0 Å². The lowest BCUT2D eigenvalue weighted by atomic mass is 10.0. The standard InChI is InChI=1S/C19H11F6NO3/c20-18(21,22)28-13-5-1-3-11(7-13)15-9-26-10-16(17(15)27)12-4-2-6-14(8-12)29-19(23,24)25/h1-10H,(H,26,27). The Hall–Kier alpha value is -3.43.